The molecular weight excluding hydrogens is 620 g/mol. The fraction of sp³-hybridized carbons (Fsp3) is 0.462. The smallest absolute Gasteiger partial charge is 0.412 e. The van der Waals surface area contributed by atoms with Gasteiger partial charge >= 0.3 is 6.09 Å². The SMILES string of the molecule is CN(CCCCC(=O)Nc1ccc(C2OCCO2)cc1)C(=O)CCN1CCC2(CC1)CC(N(C(=O)O)c1ccccc1-c1ccccc1)C2. The summed E-state index contributed by atoms with van der Waals surface area (Å²) in [5.74, 6) is 0.0846. The Kier molecular flexibility index (Phi) is 11.3. The average Bonchev–Trinajstić information content (AvgIpc) is 3.65. The molecule has 10 nitrogen and oxygen atoms in total. The van der Waals surface area contributed by atoms with Gasteiger partial charge in [-0.1, -0.05) is 60.7 Å². The zero-order valence-corrected chi connectivity index (χ0v) is 28.4. The predicted octanol–water partition coefficient (Wildman–Crippen LogP) is 6.79. The van der Waals surface area contributed by atoms with Gasteiger partial charge in [-0.05, 0) is 80.8 Å². The summed E-state index contributed by atoms with van der Waals surface area (Å²) in [5, 5.41) is 13.2. The van der Waals surface area contributed by atoms with Gasteiger partial charge < -0.3 is 29.7 Å². The third kappa shape index (κ3) is 8.68. The second kappa shape index (κ2) is 16.0. The van der Waals surface area contributed by atoms with Crippen LogP contribution in [-0.4, -0.2) is 85.3 Å². The van der Waals surface area contributed by atoms with Crippen LogP contribution in [0.5, 0.6) is 0 Å². The van der Waals surface area contributed by atoms with Crippen molar-refractivity contribution in [1.29, 1.82) is 0 Å². The first-order valence-corrected chi connectivity index (χ1v) is 17.6. The van der Waals surface area contributed by atoms with Gasteiger partial charge in [-0.15, -0.1) is 0 Å². The Bertz CT molecular complexity index is 1560. The molecule has 0 unspecified atom stereocenters. The monoisotopic (exact) mass is 668 g/mol. The number of hydrogen-bond acceptors (Lipinski definition) is 6. The number of amides is 3. The van der Waals surface area contributed by atoms with Crippen molar-refractivity contribution in [3.05, 3.63) is 84.4 Å². The molecule has 0 bridgehead atoms. The Morgan fingerprint density at radius 3 is 2.24 bits per heavy atom. The maximum Gasteiger partial charge on any atom is 0.412 e. The molecule has 2 aliphatic heterocycles. The van der Waals surface area contributed by atoms with Gasteiger partial charge in [-0.25, -0.2) is 4.79 Å². The molecule has 0 radical (unpaired) electrons. The highest BCUT2D eigenvalue weighted by atomic mass is 16.7. The lowest BCUT2D eigenvalue weighted by Gasteiger charge is -2.54. The van der Waals surface area contributed by atoms with E-state index in [9.17, 15) is 19.5 Å². The van der Waals surface area contributed by atoms with E-state index in [4.69, 9.17) is 9.47 Å². The summed E-state index contributed by atoms with van der Waals surface area (Å²) in [6.45, 7) is 4.40. The highest BCUT2D eigenvalue weighted by Crippen LogP contribution is 2.52. The highest BCUT2D eigenvalue weighted by molar-refractivity contribution is 5.93. The Hall–Kier alpha value is -4.25. The van der Waals surface area contributed by atoms with Gasteiger partial charge in [0.05, 0.1) is 18.9 Å². The third-order valence-corrected chi connectivity index (χ3v) is 10.4. The van der Waals surface area contributed by atoms with Crippen molar-refractivity contribution >= 4 is 29.3 Å². The summed E-state index contributed by atoms with van der Waals surface area (Å²) in [6.07, 6.45) is 4.90. The maximum absolute atomic E-state index is 12.9. The van der Waals surface area contributed by atoms with Crippen molar-refractivity contribution < 1.29 is 29.0 Å². The number of nitrogens with zero attached hydrogens (tertiary/aromatic N) is 3. The van der Waals surface area contributed by atoms with E-state index >= 15 is 0 Å². The van der Waals surface area contributed by atoms with Crippen LogP contribution in [0.2, 0.25) is 0 Å². The first-order chi connectivity index (χ1) is 23.8. The lowest BCUT2D eigenvalue weighted by atomic mass is 9.60. The molecule has 3 amide bonds. The van der Waals surface area contributed by atoms with Gasteiger partial charge in [0.15, 0.2) is 6.29 Å². The lowest BCUT2D eigenvalue weighted by molar-refractivity contribution is -0.130. The number of ether oxygens (including phenoxy) is 2. The van der Waals surface area contributed by atoms with E-state index in [0.717, 1.165) is 79.8 Å². The van der Waals surface area contributed by atoms with Crippen molar-refractivity contribution in [2.24, 2.45) is 5.41 Å². The molecule has 1 spiro atoms. The van der Waals surface area contributed by atoms with E-state index in [1.165, 1.54) is 0 Å². The minimum Gasteiger partial charge on any atom is -0.465 e. The van der Waals surface area contributed by atoms with Crippen LogP contribution < -0.4 is 10.2 Å². The summed E-state index contributed by atoms with van der Waals surface area (Å²) >= 11 is 0. The number of anilines is 2. The molecule has 0 aromatic heterocycles. The molecule has 1 saturated carbocycles. The molecule has 2 N–H and O–H groups in total. The fourth-order valence-electron chi connectivity index (χ4n) is 7.48. The number of unbranched alkanes of at least 4 members (excludes halogenated alkanes) is 1. The quantitative estimate of drug-likeness (QED) is 0.193. The molecule has 2 heterocycles. The van der Waals surface area contributed by atoms with E-state index in [2.05, 4.69) is 10.2 Å². The first-order valence-electron chi connectivity index (χ1n) is 17.6. The second-order valence-electron chi connectivity index (χ2n) is 13.7. The van der Waals surface area contributed by atoms with Gasteiger partial charge in [-0.2, -0.15) is 0 Å². The van der Waals surface area contributed by atoms with Crippen molar-refractivity contribution in [3.8, 4) is 11.1 Å². The topological polar surface area (TPSA) is 112 Å². The van der Waals surface area contributed by atoms with E-state index in [1.54, 1.807) is 9.80 Å². The van der Waals surface area contributed by atoms with Crippen molar-refractivity contribution in [1.82, 2.24) is 9.80 Å². The van der Waals surface area contributed by atoms with E-state index < -0.39 is 6.09 Å². The number of carboxylic acid groups (broad SMARTS) is 1. The number of carbonyl (C=O) groups excluding carboxylic acids is 2. The molecule has 0 atom stereocenters. The molecule has 260 valence electrons. The molecule has 3 aliphatic rings. The molecule has 3 aromatic rings. The Balaban J connectivity index is 0.875. The van der Waals surface area contributed by atoms with Crippen LogP contribution in [-0.2, 0) is 19.1 Å². The summed E-state index contributed by atoms with van der Waals surface area (Å²) in [6, 6.07) is 25.2. The molecular formula is C39H48N4O6. The van der Waals surface area contributed by atoms with E-state index in [-0.39, 0.29) is 29.6 Å². The zero-order valence-electron chi connectivity index (χ0n) is 28.4. The number of piperidine rings is 1. The van der Waals surface area contributed by atoms with Gasteiger partial charge in [0.1, 0.15) is 0 Å². The summed E-state index contributed by atoms with van der Waals surface area (Å²) in [4.78, 5) is 43.5. The minimum absolute atomic E-state index is 0.0332. The van der Waals surface area contributed by atoms with E-state index in [1.807, 2.05) is 85.9 Å². The van der Waals surface area contributed by atoms with Crippen molar-refractivity contribution in [2.45, 2.75) is 63.7 Å². The van der Waals surface area contributed by atoms with Crippen LogP contribution in [0.4, 0.5) is 16.2 Å². The molecule has 1 aliphatic carbocycles. The molecule has 3 aromatic carbocycles. The molecule has 49 heavy (non-hydrogen) atoms. The third-order valence-electron chi connectivity index (χ3n) is 10.4. The Morgan fingerprint density at radius 1 is 0.878 bits per heavy atom. The fourth-order valence-corrected chi connectivity index (χ4v) is 7.48. The highest BCUT2D eigenvalue weighted by Gasteiger charge is 2.49. The summed E-state index contributed by atoms with van der Waals surface area (Å²) < 4.78 is 11.0. The summed E-state index contributed by atoms with van der Waals surface area (Å²) in [5.41, 5.74) is 4.55. The number of hydrogen-bond donors (Lipinski definition) is 2. The number of likely N-dealkylation sites (tertiary alicyclic amines) is 1. The van der Waals surface area contributed by atoms with Crippen LogP contribution in [0.25, 0.3) is 11.1 Å². The number of para-hydroxylation sites is 1. The number of benzene rings is 3. The van der Waals surface area contributed by atoms with Gasteiger partial charge in [0.25, 0.3) is 0 Å². The summed E-state index contributed by atoms with van der Waals surface area (Å²) in [7, 11) is 1.84. The van der Waals surface area contributed by atoms with Crippen LogP contribution in [0, 0.1) is 5.41 Å². The van der Waals surface area contributed by atoms with Crippen LogP contribution in [0.1, 0.15) is 63.2 Å². The molecule has 3 fully saturated rings. The standard InChI is InChI=1S/C39H48N4O6/c1-41(21-8-7-13-35(44)40-31-16-14-30(15-17-31)37-48-25-26-49-37)36(45)18-22-42-23-19-39(20-24-42)27-32(28-39)43(38(46)47)34-12-6-5-11-33(34)29-9-3-2-4-10-29/h2-6,9-12,14-17,32,37H,7-8,13,18-28H2,1H3,(H,40,44)(H,46,47). The van der Waals surface area contributed by atoms with Crippen LogP contribution in [0.3, 0.4) is 0 Å². The number of nitrogens with one attached hydrogen (secondary N) is 1. The van der Waals surface area contributed by atoms with Gasteiger partial charge in [-0.3, -0.25) is 14.5 Å². The minimum atomic E-state index is -0.904. The second-order valence-corrected chi connectivity index (χ2v) is 13.7. The van der Waals surface area contributed by atoms with E-state index in [0.29, 0.717) is 39.0 Å². The zero-order chi connectivity index (χ0) is 34.2. The Labute approximate surface area is 289 Å². The Morgan fingerprint density at radius 2 is 1.55 bits per heavy atom. The first kappa shape index (κ1) is 34.6. The lowest BCUT2D eigenvalue weighted by Crippen LogP contribution is -2.56. The molecule has 6 rings (SSSR count). The van der Waals surface area contributed by atoms with Crippen molar-refractivity contribution in [3.63, 3.8) is 0 Å². The van der Waals surface area contributed by atoms with Gasteiger partial charge in [0.2, 0.25) is 11.8 Å². The molecule has 2 saturated heterocycles. The van der Waals surface area contributed by atoms with Crippen LogP contribution in [0.15, 0.2) is 78.9 Å². The normalized spacial score (nSPS) is 17.8. The van der Waals surface area contributed by atoms with Crippen LogP contribution >= 0.6 is 0 Å². The number of carbonyl (C=O) groups is 3. The maximum atomic E-state index is 12.9. The van der Waals surface area contributed by atoms with Gasteiger partial charge in [0, 0.05) is 55.8 Å². The predicted molar refractivity (Wildman–Crippen MR) is 189 cm³/mol. The largest absolute Gasteiger partial charge is 0.465 e. The molecule has 10 heteroatoms. The average molecular weight is 669 g/mol. The number of rotatable bonds is 13. The van der Waals surface area contributed by atoms with Crippen molar-refractivity contribution in [2.75, 3.05) is 56.7 Å².